The summed E-state index contributed by atoms with van der Waals surface area (Å²) in [5, 5.41) is 4.24. The zero-order chi connectivity index (χ0) is 21.8. The van der Waals surface area contributed by atoms with Crippen molar-refractivity contribution in [3.8, 4) is 0 Å². The highest BCUT2D eigenvalue weighted by Gasteiger charge is 2.28. The maximum atomic E-state index is 12.7. The van der Waals surface area contributed by atoms with Crippen molar-refractivity contribution in [3.05, 3.63) is 82.3 Å². The molecule has 0 amide bonds. The standard InChI is InChI=1S/C23H25ClN4O3/c1-3-30-27-14-21-23(28(16-27)31-4-2)25-15-26(21)13-17-5-7-18(8-6-17)22(29)19-9-11-20(24)12-10-19/h5-12,15H,3-4,13-14,16H2,1-2H3. The molecule has 7 nitrogen and oxygen atoms in total. The summed E-state index contributed by atoms with van der Waals surface area (Å²) in [5.41, 5.74) is 3.36. The third-order valence-electron chi connectivity index (χ3n) is 5.04. The summed E-state index contributed by atoms with van der Waals surface area (Å²) in [6.45, 7) is 6.82. The van der Waals surface area contributed by atoms with Gasteiger partial charge in [0.25, 0.3) is 0 Å². The van der Waals surface area contributed by atoms with Crippen LogP contribution in [0.3, 0.4) is 0 Å². The van der Waals surface area contributed by atoms with Gasteiger partial charge in [-0.15, -0.1) is 0 Å². The van der Waals surface area contributed by atoms with Crippen LogP contribution in [0.15, 0.2) is 54.9 Å². The van der Waals surface area contributed by atoms with E-state index in [9.17, 15) is 4.79 Å². The number of ketones is 1. The molecule has 0 N–H and O–H groups in total. The summed E-state index contributed by atoms with van der Waals surface area (Å²) < 4.78 is 2.09. The second kappa shape index (κ2) is 9.62. The van der Waals surface area contributed by atoms with Gasteiger partial charge in [0.05, 0.1) is 31.8 Å². The first-order valence-electron chi connectivity index (χ1n) is 10.3. The molecule has 0 saturated carbocycles. The van der Waals surface area contributed by atoms with Crippen LogP contribution >= 0.6 is 11.6 Å². The number of fused-ring (bicyclic) bond motifs is 1. The number of imidazole rings is 1. The highest BCUT2D eigenvalue weighted by Crippen LogP contribution is 2.27. The third kappa shape index (κ3) is 4.80. The van der Waals surface area contributed by atoms with Gasteiger partial charge in [0, 0.05) is 22.7 Å². The quantitative estimate of drug-likeness (QED) is 0.487. The van der Waals surface area contributed by atoms with Crippen LogP contribution in [0.2, 0.25) is 5.02 Å². The van der Waals surface area contributed by atoms with Gasteiger partial charge in [-0.3, -0.25) is 14.5 Å². The van der Waals surface area contributed by atoms with Gasteiger partial charge in [0.1, 0.15) is 6.67 Å². The van der Waals surface area contributed by atoms with Crippen molar-refractivity contribution in [2.24, 2.45) is 0 Å². The van der Waals surface area contributed by atoms with Crippen molar-refractivity contribution in [2.45, 2.75) is 26.9 Å². The molecule has 0 radical (unpaired) electrons. The van der Waals surface area contributed by atoms with E-state index in [2.05, 4.69) is 9.55 Å². The Labute approximate surface area is 186 Å². The molecule has 0 fully saturated rings. The number of hydroxylamine groups is 3. The zero-order valence-corrected chi connectivity index (χ0v) is 18.4. The Hall–Kier alpha value is -2.71. The lowest BCUT2D eigenvalue weighted by Crippen LogP contribution is -2.43. The van der Waals surface area contributed by atoms with Gasteiger partial charge in [-0.05, 0) is 43.7 Å². The van der Waals surface area contributed by atoms with Crippen LogP contribution < -0.4 is 5.06 Å². The summed E-state index contributed by atoms with van der Waals surface area (Å²) in [6, 6.07) is 14.6. The molecule has 0 saturated heterocycles. The lowest BCUT2D eigenvalue weighted by Gasteiger charge is -2.34. The highest BCUT2D eigenvalue weighted by molar-refractivity contribution is 6.30. The lowest BCUT2D eigenvalue weighted by atomic mass is 10.0. The Morgan fingerprint density at radius 2 is 1.65 bits per heavy atom. The van der Waals surface area contributed by atoms with E-state index in [1.165, 1.54) is 0 Å². The summed E-state index contributed by atoms with van der Waals surface area (Å²) in [7, 11) is 0. The normalized spacial score (nSPS) is 14.0. The van der Waals surface area contributed by atoms with E-state index in [-0.39, 0.29) is 5.78 Å². The first kappa shape index (κ1) is 21.5. The van der Waals surface area contributed by atoms with Crippen molar-refractivity contribution in [2.75, 3.05) is 24.9 Å². The van der Waals surface area contributed by atoms with Gasteiger partial charge in [-0.2, -0.15) is 5.06 Å². The van der Waals surface area contributed by atoms with Crippen LogP contribution in [0.4, 0.5) is 5.82 Å². The van der Waals surface area contributed by atoms with Crippen LogP contribution in [0.1, 0.15) is 41.0 Å². The fourth-order valence-electron chi connectivity index (χ4n) is 3.58. The molecule has 0 unspecified atom stereocenters. The minimum Gasteiger partial charge on any atom is -0.327 e. The molecule has 31 heavy (non-hydrogen) atoms. The van der Waals surface area contributed by atoms with E-state index in [1.54, 1.807) is 29.3 Å². The first-order valence-corrected chi connectivity index (χ1v) is 10.7. The van der Waals surface area contributed by atoms with Crippen LogP contribution in [0.25, 0.3) is 0 Å². The topological polar surface area (TPSA) is 59.8 Å². The van der Waals surface area contributed by atoms with E-state index in [4.69, 9.17) is 21.3 Å². The molecule has 0 spiro atoms. The molecule has 1 aliphatic rings. The predicted octanol–water partition coefficient (Wildman–Crippen LogP) is 4.30. The Balaban J connectivity index is 1.51. The zero-order valence-electron chi connectivity index (χ0n) is 17.6. The maximum absolute atomic E-state index is 12.7. The summed E-state index contributed by atoms with van der Waals surface area (Å²) in [4.78, 5) is 28.7. The molecule has 2 heterocycles. The van der Waals surface area contributed by atoms with Gasteiger partial charge in [-0.25, -0.2) is 10.0 Å². The number of anilines is 1. The minimum atomic E-state index is -0.0251. The number of carbonyl (C=O) groups is 1. The molecule has 0 aliphatic carbocycles. The number of carbonyl (C=O) groups excluding carboxylic acids is 1. The Kier molecular flexibility index (Phi) is 6.67. The number of nitrogens with zero attached hydrogens (tertiary/aromatic N) is 4. The van der Waals surface area contributed by atoms with Gasteiger partial charge >= 0.3 is 0 Å². The van der Waals surface area contributed by atoms with Crippen molar-refractivity contribution in [1.29, 1.82) is 0 Å². The average Bonchev–Trinajstić information content (AvgIpc) is 3.18. The van der Waals surface area contributed by atoms with E-state index in [0.29, 0.717) is 49.1 Å². The molecule has 1 aromatic heterocycles. The fourth-order valence-corrected chi connectivity index (χ4v) is 3.71. The van der Waals surface area contributed by atoms with E-state index < -0.39 is 0 Å². The highest BCUT2D eigenvalue weighted by atomic mass is 35.5. The molecule has 3 aromatic rings. The van der Waals surface area contributed by atoms with Crippen molar-refractivity contribution in [3.63, 3.8) is 0 Å². The minimum absolute atomic E-state index is 0.0251. The molecule has 4 rings (SSSR count). The van der Waals surface area contributed by atoms with Gasteiger partial charge in [-0.1, -0.05) is 35.9 Å². The second-order valence-electron chi connectivity index (χ2n) is 7.17. The molecular formula is C23H25ClN4O3. The molecule has 0 atom stereocenters. The van der Waals surface area contributed by atoms with Gasteiger partial charge in [0.15, 0.2) is 11.6 Å². The smallest absolute Gasteiger partial charge is 0.193 e. The molecule has 8 heteroatoms. The number of hydrogen-bond donors (Lipinski definition) is 0. The van der Waals surface area contributed by atoms with E-state index >= 15 is 0 Å². The summed E-state index contributed by atoms with van der Waals surface area (Å²) >= 11 is 5.91. The second-order valence-corrected chi connectivity index (χ2v) is 7.61. The Bertz CT molecular complexity index is 1030. The summed E-state index contributed by atoms with van der Waals surface area (Å²) in [6.07, 6.45) is 1.82. The van der Waals surface area contributed by atoms with E-state index in [0.717, 1.165) is 17.1 Å². The predicted molar refractivity (Wildman–Crippen MR) is 119 cm³/mol. The van der Waals surface area contributed by atoms with Crippen LogP contribution in [-0.2, 0) is 22.8 Å². The van der Waals surface area contributed by atoms with Crippen LogP contribution in [0.5, 0.6) is 0 Å². The fraction of sp³-hybridized carbons (Fsp3) is 0.304. The monoisotopic (exact) mass is 440 g/mol. The third-order valence-corrected chi connectivity index (χ3v) is 5.30. The molecule has 0 bridgehead atoms. The van der Waals surface area contributed by atoms with Crippen LogP contribution in [-0.4, -0.2) is 40.3 Å². The van der Waals surface area contributed by atoms with Crippen molar-refractivity contribution >= 4 is 23.2 Å². The molecule has 2 aromatic carbocycles. The van der Waals surface area contributed by atoms with Crippen LogP contribution in [0, 0.1) is 0 Å². The van der Waals surface area contributed by atoms with E-state index in [1.807, 2.05) is 49.5 Å². The first-order chi connectivity index (χ1) is 15.1. The largest absolute Gasteiger partial charge is 0.327 e. The molecule has 162 valence electrons. The SMILES string of the molecule is CCON1Cc2c(ncn2Cc2ccc(C(=O)c3ccc(Cl)cc3)cc2)N(OCC)C1. The van der Waals surface area contributed by atoms with Gasteiger partial charge in [0.2, 0.25) is 0 Å². The van der Waals surface area contributed by atoms with Crippen molar-refractivity contribution in [1.82, 2.24) is 14.6 Å². The Morgan fingerprint density at radius 1 is 1.00 bits per heavy atom. The number of rotatable bonds is 8. The number of hydrogen-bond acceptors (Lipinski definition) is 6. The number of benzene rings is 2. The number of aromatic nitrogens is 2. The Morgan fingerprint density at radius 3 is 2.29 bits per heavy atom. The molecule has 1 aliphatic heterocycles. The number of halogens is 1. The summed E-state index contributed by atoms with van der Waals surface area (Å²) in [5.74, 6) is 0.787. The maximum Gasteiger partial charge on any atom is 0.193 e. The average molecular weight is 441 g/mol. The molecular weight excluding hydrogens is 416 g/mol. The lowest BCUT2D eigenvalue weighted by molar-refractivity contribution is -0.179. The van der Waals surface area contributed by atoms with Gasteiger partial charge < -0.3 is 4.57 Å². The van der Waals surface area contributed by atoms with Crippen molar-refractivity contribution < 1.29 is 14.5 Å².